The largest absolute Gasteiger partial charge is 0.367 e. The normalized spacial score (nSPS) is 15.5. The molecule has 0 aliphatic rings. The lowest BCUT2D eigenvalue weighted by molar-refractivity contribution is 0.199. The Morgan fingerprint density at radius 1 is 0.958 bits per heavy atom. The molecule has 0 aliphatic heterocycles. The quantitative estimate of drug-likeness (QED) is 0.263. The van der Waals surface area contributed by atoms with E-state index in [2.05, 4.69) is 32.9 Å². The molecule has 0 aliphatic carbocycles. The van der Waals surface area contributed by atoms with Crippen molar-refractivity contribution in [1.29, 1.82) is 0 Å². The Labute approximate surface area is 144 Å². The van der Waals surface area contributed by atoms with E-state index in [1.54, 1.807) is 6.08 Å². The fourth-order valence-corrected chi connectivity index (χ4v) is 4.91. The molecule has 8 heteroatoms. The molecule has 0 bridgehead atoms. The van der Waals surface area contributed by atoms with Gasteiger partial charge in [-0.3, -0.25) is 9.13 Å². The van der Waals surface area contributed by atoms with Crippen molar-refractivity contribution in [2.24, 2.45) is 0 Å². The van der Waals surface area contributed by atoms with Gasteiger partial charge in [0.2, 0.25) is 7.37 Å². The van der Waals surface area contributed by atoms with Crippen LogP contribution in [0.4, 0.5) is 0 Å². The van der Waals surface area contributed by atoms with Crippen LogP contribution in [0.25, 0.3) is 0 Å². The number of hydrogen-bond donors (Lipinski definition) is 3. The first kappa shape index (κ1) is 23.5. The Morgan fingerprint density at radius 2 is 1.62 bits per heavy atom. The lowest BCUT2D eigenvalue weighted by Gasteiger charge is -2.11. The molecule has 0 aromatic rings. The van der Waals surface area contributed by atoms with Crippen LogP contribution in [0.1, 0.15) is 46.5 Å². The second kappa shape index (κ2) is 12.0. The van der Waals surface area contributed by atoms with E-state index in [1.165, 1.54) is 11.1 Å². The van der Waals surface area contributed by atoms with Gasteiger partial charge in [0.25, 0.3) is 0 Å². The summed E-state index contributed by atoms with van der Waals surface area (Å²) in [5.41, 5.74) is 2.69. The molecular weight excluding hydrogens is 350 g/mol. The minimum atomic E-state index is -4.50. The van der Waals surface area contributed by atoms with E-state index in [4.69, 9.17) is 14.5 Å². The van der Waals surface area contributed by atoms with Crippen LogP contribution in [0.2, 0.25) is 0 Å². The van der Waals surface area contributed by atoms with Gasteiger partial charge < -0.3 is 19.4 Å². The minimum Gasteiger partial charge on any atom is -0.367 e. The van der Waals surface area contributed by atoms with Crippen LogP contribution >= 0.6 is 15.0 Å². The van der Waals surface area contributed by atoms with Gasteiger partial charge in [0.1, 0.15) is 12.3 Å². The Balaban J connectivity index is 3.85. The maximum absolute atomic E-state index is 11.5. The van der Waals surface area contributed by atoms with E-state index in [1.807, 2.05) is 6.08 Å². The number of unbranched alkanes of at least 4 members (excludes halogenated alkanes) is 1. The van der Waals surface area contributed by atoms with Crippen LogP contribution in [0.15, 0.2) is 35.5 Å². The Morgan fingerprint density at radius 3 is 2.21 bits per heavy atom. The number of rotatable bonds is 12. The third kappa shape index (κ3) is 16.4. The number of allylic oxidation sites excluding steroid dienone is 5. The molecule has 0 rings (SSSR count). The standard InChI is InChI=1S/C16H30O6P2/c1-15(2)9-8-11-16(3)10-6-4-5-7-12-22-13-23(17,18)14-24(19,20)21/h5,7,9-10H,4,6,8,11-14H2,1-3H3,(H,17,18)(H2,19,20,21)/b7-5+,16-10+. The van der Waals surface area contributed by atoms with Crippen LogP contribution in [-0.2, 0) is 13.9 Å². The molecule has 0 aromatic carbocycles. The molecule has 140 valence electrons. The van der Waals surface area contributed by atoms with Crippen molar-refractivity contribution in [3.05, 3.63) is 35.5 Å². The zero-order chi connectivity index (χ0) is 18.6. The lowest BCUT2D eigenvalue weighted by atomic mass is 10.1. The predicted molar refractivity (Wildman–Crippen MR) is 98.4 cm³/mol. The third-order valence-electron chi connectivity index (χ3n) is 3.00. The average Bonchev–Trinajstić information content (AvgIpc) is 2.38. The zero-order valence-electron chi connectivity index (χ0n) is 14.7. The topological polar surface area (TPSA) is 104 Å². The highest BCUT2D eigenvalue weighted by molar-refractivity contribution is 7.72. The van der Waals surface area contributed by atoms with Gasteiger partial charge in [-0.15, -0.1) is 0 Å². The number of hydrogen-bond acceptors (Lipinski definition) is 3. The monoisotopic (exact) mass is 380 g/mol. The van der Waals surface area contributed by atoms with Crippen LogP contribution in [-0.4, -0.2) is 33.5 Å². The maximum Gasteiger partial charge on any atom is 0.335 e. The number of ether oxygens (including phenoxy) is 1. The molecule has 0 radical (unpaired) electrons. The molecule has 0 aromatic heterocycles. The second-order valence-electron chi connectivity index (χ2n) is 6.07. The molecule has 0 saturated heterocycles. The second-order valence-corrected chi connectivity index (χ2v) is 10.5. The summed E-state index contributed by atoms with van der Waals surface area (Å²) in [5, 5.41) is 0. The van der Waals surface area contributed by atoms with Crippen molar-refractivity contribution >= 4 is 15.0 Å². The molecule has 24 heavy (non-hydrogen) atoms. The van der Waals surface area contributed by atoms with E-state index >= 15 is 0 Å². The van der Waals surface area contributed by atoms with Crippen molar-refractivity contribution in [3.8, 4) is 0 Å². The van der Waals surface area contributed by atoms with Gasteiger partial charge in [-0.05, 0) is 46.5 Å². The highest BCUT2D eigenvalue weighted by Gasteiger charge is 2.29. The van der Waals surface area contributed by atoms with Crippen LogP contribution in [0.3, 0.4) is 0 Å². The van der Waals surface area contributed by atoms with Crippen molar-refractivity contribution in [2.75, 3.05) is 18.9 Å². The van der Waals surface area contributed by atoms with Gasteiger partial charge in [0.15, 0.2) is 0 Å². The Hall–Kier alpha value is -0.480. The lowest BCUT2D eigenvalue weighted by Crippen LogP contribution is -2.00. The van der Waals surface area contributed by atoms with Gasteiger partial charge >= 0.3 is 7.60 Å². The van der Waals surface area contributed by atoms with Crippen molar-refractivity contribution in [3.63, 3.8) is 0 Å². The molecule has 1 unspecified atom stereocenters. The van der Waals surface area contributed by atoms with E-state index < -0.39 is 27.2 Å². The fraction of sp³-hybridized carbons (Fsp3) is 0.625. The summed E-state index contributed by atoms with van der Waals surface area (Å²) in [6.45, 7) is 6.45. The van der Waals surface area contributed by atoms with Crippen LogP contribution in [0.5, 0.6) is 0 Å². The molecular formula is C16H30O6P2. The molecule has 1 atom stereocenters. The fourth-order valence-electron chi connectivity index (χ4n) is 1.89. The Kier molecular flexibility index (Phi) is 11.7. The zero-order valence-corrected chi connectivity index (χ0v) is 16.5. The van der Waals surface area contributed by atoms with E-state index in [9.17, 15) is 14.0 Å². The molecule has 6 nitrogen and oxygen atoms in total. The van der Waals surface area contributed by atoms with Gasteiger partial charge in [-0.25, -0.2) is 0 Å². The first-order valence-corrected chi connectivity index (χ1v) is 11.7. The van der Waals surface area contributed by atoms with E-state index in [0.29, 0.717) is 0 Å². The average molecular weight is 380 g/mol. The van der Waals surface area contributed by atoms with Gasteiger partial charge in [-0.2, -0.15) is 0 Å². The molecule has 3 N–H and O–H groups in total. The summed E-state index contributed by atoms with van der Waals surface area (Å²) in [5.74, 6) is -1.04. The van der Waals surface area contributed by atoms with Crippen molar-refractivity contribution in [1.82, 2.24) is 0 Å². The summed E-state index contributed by atoms with van der Waals surface area (Å²) < 4.78 is 27.1. The van der Waals surface area contributed by atoms with Crippen LogP contribution in [0, 0.1) is 0 Å². The van der Waals surface area contributed by atoms with E-state index in [-0.39, 0.29) is 6.61 Å². The van der Waals surface area contributed by atoms with Crippen molar-refractivity contribution in [2.45, 2.75) is 46.5 Å². The van der Waals surface area contributed by atoms with Crippen molar-refractivity contribution < 1.29 is 28.5 Å². The SMILES string of the molecule is CC(C)=CCC/C(C)=C/CC/C=C/COCP(=O)(O)CP(=O)(O)O. The molecule has 0 fully saturated rings. The highest BCUT2D eigenvalue weighted by Crippen LogP contribution is 2.54. The molecule has 0 saturated carbocycles. The molecule has 0 heterocycles. The third-order valence-corrected chi connectivity index (χ3v) is 6.82. The van der Waals surface area contributed by atoms with Gasteiger partial charge in [0, 0.05) is 0 Å². The van der Waals surface area contributed by atoms with Gasteiger partial charge in [-0.1, -0.05) is 35.5 Å². The smallest absolute Gasteiger partial charge is 0.335 e. The van der Waals surface area contributed by atoms with Gasteiger partial charge in [0.05, 0.1) is 6.61 Å². The minimum absolute atomic E-state index is 0.148. The maximum atomic E-state index is 11.5. The predicted octanol–water partition coefficient (Wildman–Crippen LogP) is 4.40. The summed E-state index contributed by atoms with van der Waals surface area (Å²) in [6.07, 6.45) is 11.4. The first-order chi connectivity index (χ1) is 11.0. The molecule has 0 amide bonds. The summed E-state index contributed by atoms with van der Waals surface area (Å²) in [4.78, 5) is 26.7. The first-order valence-electron chi connectivity index (χ1n) is 7.89. The highest BCUT2D eigenvalue weighted by atomic mass is 31.2. The summed E-state index contributed by atoms with van der Waals surface area (Å²) >= 11 is 0. The summed E-state index contributed by atoms with van der Waals surface area (Å²) in [6, 6.07) is 0. The molecule has 0 spiro atoms. The van der Waals surface area contributed by atoms with Crippen LogP contribution < -0.4 is 0 Å². The summed E-state index contributed by atoms with van der Waals surface area (Å²) in [7, 11) is -8.44. The van der Waals surface area contributed by atoms with E-state index in [0.717, 1.165) is 25.7 Å². The Bertz CT molecular complexity index is 541.